The first kappa shape index (κ1) is 18.8. The Morgan fingerprint density at radius 1 is 1.11 bits per heavy atom. The third-order valence-electron chi connectivity index (χ3n) is 4.64. The normalized spacial score (nSPS) is 13.5. The molecule has 6 heteroatoms. The summed E-state index contributed by atoms with van der Waals surface area (Å²) in [5.41, 5.74) is 3.40. The van der Waals surface area contributed by atoms with E-state index >= 15 is 0 Å². The third-order valence-corrected chi connectivity index (χ3v) is 4.64. The number of carbonyl (C=O) groups is 2. The maximum Gasteiger partial charge on any atom is 0.328 e. The van der Waals surface area contributed by atoms with Gasteiger partial charge in [-0.25, -0.2) is 4.79 Å². The number of ether oxygens (including phenoxy) is 2. The lowest BCUT2D eigenvalue weighted by atomic mass is 10.1. The van der Waals surface area contributed by atoms with Gasteiger partial charge in [0.15, 0.2) is 6.61 Å². The van der Waals surface area contributed by atoms with Crippen LogP contribution in [0.5, 0.6) is 11.5 Å². The first-order valence-electron chi connectivity index (χ1n) is 8.95. The Bertz CT molecular complexity index is 816. The molecule has 6 nitrogen and oxygen atoms in total. The largest absolute Gasteiger partial charge is 0.508 e. The molecule has 1 aliphatic carbocycles. The van der Waals surface area contributed by atoms with E-state index in [1.807, 2.05) is 18.2 Å². The lowest BCUT2D eigenvalue weighted by molar-refractivity contribution is -0.145. The first-order valence-corrected chi connectivity index (χ1v) is 8.95. The topological polar surface area (TPSA) is 84.9 Å². The van der Waals surface area contributed by atoms with Gasteiger partial charge in [-0.15, -0.1) is 0 Å². The monoisotopic (exact) mass is 369 g/mol. The number of aromatic hydroxyl groups is 1. The fraction of sp³-hybridized carbons (Fsp3) is 0.333. The Labute approximate surface area is 158 Å². The van der Waals surface area contributed by atoms with Crippen molar-refractivity contribution >= 4 is 11.9 Å². The minimum atomic E-state index is -0.823. The second-order valence-corrected chi connectivity index (χ2v) is 6.59. The number of carbonyl (C=O) groups excluding carboxylic acids is 2. The minimum Gasteiger partial charge on any atom is -0.508 e. The summed E-state index contributed by atoms with van der Waals surface area (Å²) in [6, 6.07) is 11.5. The van der Waals surface area contributed by atoms with Crippen LogP contribution in [0.1, 0.15) is 23.1 Å². The molecule has 2 N–H and O–H groups in total. The Morgan fingerprint density at radius 2 is 1.85 bits per heavy atom. The summed E-state index contributed by atoms with van der Waals surface area (Å²) in [4.78, 5) is 24.2. The van der Waals surface area contributed by atoms with Crippen LogP contribution in [0.25, 0.3) is 0 Å². The molecule has 0 unspecified atom stereocenters. The number of methoxy groups -OCH3 is 1. The summed E-state index contributed by atoms with van der Waals surface area (Å²) >= 11 is 0. The molecular formula is C21H23NO5. The van der Waals surface area contributed by atoms with Crippen LogP contribution in [-0.4, -0.2) is 36.7 Å². The Morgan fingerprint density at radius 3 is 2.59 bits per heavy atom. The Kier molecular flexibility index (Phi) is 5.96. The fourth-order valence-corrected chi connectivity index (χ4v) is 3.23. The molecule has 2 aromatic rings. The molecule has 2 aromatic carbocycles. The van der Waals surface area contributed by atoms with Crippen LogP contribution in [0.15, 0.2) is 42.5 Å². The standard InChI is InChI=1S/C21H23NO5/c1-26-21(25)19(11-14-5-8-17(23)9-6-14)22-20(24)13-27-18-10-7-15-3-2-4-16(15)12-18/h5-10,12,19,23H,2-4,11,13H2,1H3,(H,22,24)/t19-/m0/s1. The molecule has 0 saturated carbocycles. The lowest BCUT2D eigenvalue weighted by Gasteiger charge is -2.17. The number of benzene rings is 2. The van der Waals surface area contributed by atoms with Crippen LogP contribution in [0.3, 0.4) is 0 Å². The second kappa shape index (κ2) is 8.58. The molecule has 1 amide bonds. The highest BCUT2D eigenvalue weighted by Gasteiger charge is 2.22. The van der Waals surface area contributed by atoms with Crippen LogP contribution >= 0.6 is 0 Å². The lowest BCUT2D eigenvalue weighted by Crippen LogP contribution is -2.44. The number of rotatable bonds is 7. The SMILES string of the molecule is COC(=O)[C@H](Cc1ccc(O)cc1)NC(=O)COc1ccc2c(c1)CCC2. The zero-order chi connectivity index (χ0) is 19.2. The van der Waals surface area contributed by atoms with Gasteiger partial charge in [-0.3, -0.25) is 4.79 Å². The van der Waals surface area contributed by atoms with Crippen LogP contribution < -0.4 is 10.1 Å². The molecule has 0 fully saturated rings. The number of hydrogen-bond donors (Lipinski definition) is 2. The van der Waals surface area contributed by atoms with Crippen molar-refractivity contribution in [3.8, 4) is 11.5 Å². The van der Waals surface area contributed by atoms with E-state index < -0.39 is 17.9 Å². The maximum absolute atomic E-state index is 12.2. The summed E-state index contributed by atoms with van der Waals surface area (Å²) in [5.74, 6) is -0.141. The van der Waals surface area contributed by atoms with Gasteiger partial charge in [-0.05, 0) is 60.2 Å². The molecule has 0 saturated heterocycles. The average molecular weight is 369 g/mol. The second-order valence-electron chi connectivity index (χ2n) is 6.59. The summed E-state index contributed by atoms with van der Waals surface area (Å²) in [6.07, 6.45) is 3.54. The third kappa shape index (κ3) is 5.00. The molecule has 3 rings (SSSR count). The predicted molar refractivity (Wildman–Crippen MR) is 99.7 cm³/mol. The Balaban J connectivity index is 1.57. The summed E-state index contributed by atoms with van der Waals surface area (Å²) in [6.45, 7) is -0.179. The van der Waals surface area contributed by atoms with Crippen molar-refractivity contribution in [1.29, 1.82) is 0 Å². The fourth-order valence-electron chi connectivity index (χ4n) is 3.23. The van der Waals surface area contributed by atoms with E-state index in [0.29, 0.717) is 5.75 Å². The van der Waals surface area contributed by atoms with E-state index in [2.05, 4.69) is 5.32 Å². The number of hydrogen-bond acceptors (Lipinski definition) is 5. The van der Waals surface area contributed by atoms with Crippen molar-refractivity contribution in [2.75, 3.05) is 13.7 Å². The van der Waals surface area contributed by atoms with Crippen molar-refractivity contribution in [3.63, 3.8) is 0 Å². The zero-order valence-corrected chi connectivity index (χ0v) is 15.2. The van der Waals surface area contributed by atoms with E-state index in [1.54, 1.807) is 12.1 Å². The van der Waals surface area contributed by atoms with Crippen molar-refractivity contribution in [2.24, 2.45) is 0 Å². The van der Waals surface area contributed by atoms with Gasteiger partial charge in [0.25, 0.3) is 5.91 Å². The number of esters is 1. The Hall–Kier alpha value is -3.02. The van der Waals surface area contributed by atoms with Crippen molar-refractivity contribution in [1.82, 2.24) is 5.32 Å². The molecule has 0 heterocycles. The van der Waals surface area contributed by atoms with Gasteiger partial charge in [0.1, 0.15) is 17.5 Å². The minimum absolute atomic E-state index is 0.139. The van der Waals surface area contributed by atoms with E-state index in [1.165, 1.54) is 30.4 Å². The van der Waals surface area contributed by atoms with E-state index in [4.69, 9.17) is 9.47 Å². The van der Waals surface area contributed by atoms with Gasteiger partial charge in [-0.2, -0.15) is 0 Å². The van der Waals surface area contributed by atoms with Crippen molar-refractivity contribution in [3.05, 3.63) is 59.2 Å². The number of phenolic OH excluding ortho intramolecular Hbond substituents is 1. The van der Waals surface area contributed by atoms with Gasteiger partial charge in [0.05, 0.1) is 7.11 Å². The molecule has 142 valence electrons. The maximum atomic E-state index is 12.2. The average Bonchev–Trinajstić information content (AvgIpc) is 3.14. The smallest absolute Gasteiger partial charge is 0.328 e. The van der Waals surface area contributed by atoms with E-state index in [9.17, 15) is 14.7 Å². The van der Waals surface area contributed by atoms with Crippen LogP contribution in [0.2, 0.25) is 0 Å². The van der Waals surface area contributed by atoms with E-state index in [-0.39, 0.29) is 18.8 Å². The van der Waals surface area contributed by atoms with Crippen molar-refractivity contribution in [2.45, 2.75) is 31.7 Å². The highest BCUT2D eigenvalue weighted by Crippen LogP contribution is 2.25. The van der Waals surface area contributed by atoms with Gasteiger partial charge in [-0.1, -0.05) is 18.2 Å². The number of fused-ring (bicyclic) bond motifs is 1. The van der Waals surface area contributed by atoms with Gasteiger partial charge in [0.2, 0.25) is 0 Å². The van der Waals surface area contributed by atoms with Crippen LogP contribution in [0, 0.1) is 0 Å². The summed E-state index contributed by atoms with van der Waals surface area (Å²) < 4.78 is 10.4. The first-order chi connectivity index (χ1) is 13.0. The highest BCUT2D eigenvalue weighted by molar-refractivity contribution is 5.85. The van der Waals surface area contributed by atoms with Gasteiger partial charge < -0.3 is 19.9 Å². The van der Waals surface area contributed by atoms with Gasteiger partial charge in [0, 0.05) is 6.42 Å². The quantitative estimate of drug-likeness (QED) is 0.731. The molecule has 1 atom stereocenters. The summed E-state index contributed by atoms with van der Waals surface area (Å²) in [7, 11) is 1.28. The van der Waals surface area contributed by atoms with Gasteiger partial charge >= 0.3 is 5.97 Å². The number of phenols is 1. The molecular weight excluding hydrogens is 346 g/mol. The molecule has 0 aliphatic heterocycles. The molecule has 0 radical (unpaired) electrons. The number of amides is 1. The zero-order valence-electron chi connectivity index (χ0n) is 15.2. The number of nitrogens with one attached hydrogen (secondary N) is 1. The predicted octanol–water partition coefficient (Wildman–Crippen LogP) is 2.16. The summed E-state index contributed by atoms with van der Waals surface area (Å²) in [5, 5.41) is 12.0. The van der Waals surface area contributed by atoms with E-state index in [0.717, 1.165) is 24.8 Å². The highest BCUT2D eigenvalue weighted by atomic mass is 16.5. The molecule has 27 heavy (non-hydrogen) atoms. The van der Waals surface area contributed by atoms with Crippen molar-refractivity contribution < 1.29 is 24.2 Å². The molecule has 0 spiro atoms. The number of aryl methyl sites for hydroxylation is 2. The molecule has 1 aliphatic rings. The molecule has 0 bridgehead atoms. The van der Waals surface area contributed by atoms with Crippen LogP contribution in [-0.2, 0) is 33.6 Å². The van der Waals surface area contributed by atoms with Crippen LogP contribution in [0.4, 0.5) is 0 Å². The molecule has 0 aromatic heterocycles.